The number of hydrogen-bond donors (Lipinski definition) is 2. The van der Waals surface area contributed by atoms with Crippen molar-refractivity contribution < 1.29 is 0 Å². The highest BCUT2D eigenvalue weighted by Crippen LogP contribution is 2.54. The molecule has 0 radical (unpaired) electrons. The number of rotatable bonds is 0. The molecule has 0 saturated carbocycles. The first-order chi connectivity index (χ1) is 14.1. The molecule has 0 aliphatic heterocycles. The lowest BCUT2D eigenvalue weighted by Gasteiger charge is -2.21. The van der Waals surface area contributed by atoms with Gasteiger partial charge in [-0.2, -0.15) is 0 Å². The molecule has 0 bridgehead atoms. The molecular formula is C27H20N2. The monoisotopic (exact) mass is 372 g/mol. The largest absolute Gasteiger partial charge is 0.354 e. The Labute approximate surface area is 168 Å². The van der Waals surface area contributed by atoms with Crippen molar-refractivity contribution in [2.24, 2.45) is 0 Å². The molecule has 2 heteroatoms. The van der Waals surface area contributed by atoms with Crippen LogP contribution in [-0.4, -0.2) is 9.97 Å². The summed E-state index contributed by atoms with van der Waals surface area (Å²) in [6.07, 6.45) is 0. The third-order valence-electron chi connectivity index (χ3n) is 6.96. The van der Waals surface area contributed by atoms with E-state index < -0.39 is 0 Å². The Bertz CT molecular complexity index is 1500. The minimum absolute atomic E-state index is 0.0262. The fraction of sp³-hybridized carbons (Fsp3) is 0.111. The number of benzene rings is 4. The molecule has 2 N–H and O–H groups in total. The summed E-state index contributed by atoms with van der Waals surface area (Å²) in [6, 6.07) is 26.5. The molecule has 2 heterocycles. The van der Waals surface area contributed by atoms with E-state index in [0.29, 0.717) is 0 Å². The highest BCUT2D eigenvalue weighted by molar-refractivity contribution is 6.19. The van der Waals surface area contributed by atoms with Crippen LogP contribution in [0.25, 0.3) is 54.7 Å². The number of nitrogens with one attached hydrogen (secondary N) is 2. The first-order valence-corrected chi connectivity index (χ1v) is 10.2. The van der Waals surface area contributed by atoms with Gasteiger partial charge in [0.25, 0.3) is 0 Å². The van der Waals surface area contributed by atoms with Crippen LogP contribution in [0.2, 0.25) is 0 Å². The number of fused-ring (bicyclic) bond motifs is 11. The molecule has 0 fully saturated rings. The predicted molar refractivity (Wildman–Crippen MR) is 123 cm³/mol. The molecule has 7 rings (SSSR count). The first-order valence-electron chi connectivity index (χ1n) is 10.2. The van der Waals surface area contributed by atoms with Gasteiger partial charge in [-0.25, -0.2) is 0 Å². The van der Waals surface area contributed by atoms with Crippen molar-refractivity contribution in [3.63, 3.8) is 0 Å². The van der Waals surface area contributed by atoms with E-state index in [-0.39, 0.29) is 5.41 Å². The lowest BCUT2D eigenvalue weighted by Crippen LogP contribution is -2.14. The van der Waals surface area contributed by atoms with Crippen molar-refractivity contribution >= 4 is 43.6 Å². The Kier molecular flexibility index (Phi) is 2.60. The van der Waals surface area contributed by atoms with Gasteiger partial charge >= 0.3 is 0 Å². The van der Waals surface area contributed by atoms with Crippen molar-refractivity contribution in [3.8, 4) is 11.1 Å². The van der Waals surface area contributed by atoms with Gasteiger partial charge in [-0.05, 0) is 23.3 Å². The molecule has 0 amide bonds. The molecule has 29 heavy (non-hydrogen) atoms. The molecule has 6 aromatic rings. The predicted octanol–water partition coefficient (Wildman–Crippen LogP) is 7.26. The molecule has 138 valence electrons. The number of para-hydroxylation sites is 2. The smallest absolute Gasteiger partial charge is 0.0548 e. The third-order valence-corrected chi connectivity index (χ3v) is 6.96. The quantitative estimate of drug-likeness (QED) is 0.281. The number of H-pyrrole nitrogens is 2. The van der Waals surface area contributed by atoms with E-state index in [2.05, 4.69) is 96.6 Å². The van der Waals surface area contributed by atoms with Crippen LogP contribution in [0.15, 0.2) is 72.8 Å². The molecule has 1 aliphatic rings. The third kappa shape index (κ3) is 1.73. The van der Waals surface area contributed by atoms with E-state index in [9.17, 15) is 0 Å². The van der Waals surface area contributed by atoms with Crippen LogP contribution in [0.3, 0.4) is 0 Å². The molecule has 0 atom stereocenters. The van der Waals surface area contributed by atoms with Crippen molar-refractivity contribution in [3.05, 3.63) is 83.9 Å². The molecule has 2 nitrogen and oxygen atoms in total. The SMILES string of the molecule is CC1(C)c2ccc3c([nH]c4ccccc43)c2-c2c1ccc1c2[nH]c2ccccc21. The summed E-state index contributed by atoms with van der Waals surface area (Å²) in [5, 5.41) is 5.19. The minimum Gasteiger partial charge on any atom is -0.354 e. The Hall–Kier alpha value is -3.52. The molecule has 4 aromatic carbocycles. The van der Waals surface area contributed by atoms with E-state index >= 15 is 0 Å². The van der Waals surface area contributed by atoms with E-state index in [1.165, 1.54) is 65.9 Å². The van der Waals surface area contributed by atoms with Gasteiger partial charge in [0, 0.05) is 49.1 Å². The zero-order valence-corrected chi connectivity index (χ0v) is 16.4. The standard InChI is InChI=1S/C27H20N2/c1-27(2)19-13-11-17-15-7-3-5-9-21(15)28-25(17)23(19)24-20(27)14-12-18-16-8-4-6-10-22(16)29-26(18)24/h3-14,28-29H,1-2H3. The van der Waals surface area contributed by atoms with Crippen molar-refractivity contribution in [1.82, 2.24) is 9.97 Å². The maximum absolute atomic E-state index is 3.74. The van der Waals surface area contributed by atoms with E-state index in [1.54, 1.807) is 0 Å². The van der Waals surface area contributed by atoms with Gasteiger partial charge in [0.15, 0.2) is 0 Å². The van der Waals surface area contributed by atoms with Crippen LogP contribution < -0.4 is 0 Å². The second-order valence-electron chi connectivity index (χ2n) is 8.79. The van der Waals surface area contributed by atoms with Crippen LogP contribution in [-0.2, 0) is 5.41 Å². The van der Waals surface area contributed by atoms with Crippen LogP contribution in [0.5, 0.6) is 0 Å². The normalized spacial score (nSPS) is 14.8. The molecule has 0 unspecified atom stereocenters. The Morgan fingerprint density at radius 2 is 0.966 bits per heavy atom. The van der Waals surface area contributed by atoms with Gasteiger partial charge in [-0.1, -0.05) is 74.5 Å². The van der Waals surface area contributed by atoms with Gasteiger partial charge < -0.3 is 9.97 Å². The van der Waals surface area contributed by atoms with Crippen LogP contribution in [0, 0.1) is 0 Å². The van der Waals surface area contributed by atoms with E-state index in [1.807, 2.05) is 0 Å². The zero-order valence-electron chi connectivity index (χ0n) is 16.4. The number of aromatic amines is 2. The maximum Gasteiger partial charge on any atom is 0.0548 e. The summed E-state index contributed by atoms with van der Waals surface area (Å²) in [5.74, 6) is 0. The summed E-state index contributed by atoms with van der Waals surface area (Å²) < 4.78 is 0. The average molecular weight is 372 g/mol. The summed E-state index contributed by atoms with van der Waals surface area (Å²) in [5.41, 5.74) is 10.4. The average Bonchev–Trinajstić information content (AvgIpc) is 3.36. The fourth-order valence-corrected chi connectivity index (χ4v) is 5.54. The van der Waals surface area contributed by atoms with Gasteiger partial charge in [0.05, 0.1) is 11.0 Å². The van der Waals surface area contributed by atoms with Gasteiger partial charge in [-0.3, -0.25) is 0 Å². The number of aromatic nitrogens is 2. The summed E-state index contributed by atoms with van der Waals surface area (Å²) in [6.45, 7) is 4.70. The van der Waals surface area contributed by atoms with Crippen molar-refractivity contribution in [1.29, 1.82) is 0 Å². The molecular weight excluding hydrogens is 352 g/mol. The topological polar surface area (TPSA) is 31.6 Å². The molecule has 0 saturated heterocycles. The first kappa shape index (κ1) is 15.4. The summed E-state index contributed by atoms with van der Waals surface area (Å²) in [7, 11) is 0. The molecule has 0 spiro atoms. The lowest BCUT2D eigenvalue weighted by molar-refractivity contribution is 0.661. The van der Waals surface area contributed by atoms with Crippen LogP contribution in [0.4, 0.5) is 0 Å². The Morgan fingerprint density at radius 1 is 0.517 bits per heavy atom. The minimum atomic E-state index is -0.0262. The maximum atomic E-state index is 3.74. The van der Waals surface area contributed by atoms with Gasteiger partial charge in [0.2, 0.25) is 0 Å². The van der Waals surface area contributed by atoms with Crippen molar-refractivity contribution in [2.75, 3.05) is 0 Å². The van der Waals surface area contributed by atoms with Gasteiger partial charge in [0.1, 0.15) is 0 Å². The van der Waals surface area contributed by atoms with E-state index in [4.69, 9.17) is 0 Å². The van der Waals surface area contributed by atoms with Gasteiger partial charge in [-0.15, -0.1) is 0 Å². The van der Waals surface area contributed by atoms with E-state index in [0.717, 1.165) is 0 Å². The summed E-state index contributed by atoms with van der Waals surface area (Å²) in [4.78, 5) is 7.48. The summed E-state index contributed by atoms with van der Waals surface area (Å²) >= 11 is 0. The highest BCUT2D eigenvalue weighted by atomic mass is 14.7. The Morgan fingerprint density at radius 3 is 1.45 bits per heavy atom. The zero-order chi connectivity index (χ0) is 19.3. The van der Waals surface area contributed by atoms with Crippen LogP contribution in [0.1, 0.15) is 25.0 Å². The molecule has 1 aliphatic carbocycles. The number of hydrogen-bond acceptors (Lipinski definition) is 0. The second kappa shape index (κ2) is 4.90. The second-order valence-corrected chi connectivity index (χ2v) is 8.79. The lowest BCUT2D eigenvalue weighted by atomic mass is 9.82. The van der Waals surface area contributed by atoms with Crippen molar-refractivity contribution in [2.45, 2.75) is 19.3 Å². The fourth-order valence-electron chi connectivity index (χ4n) is 5.54. The van der Waals surface area contributed by atoms with Crippen LogP contribution >= 0.6 is 0 Å². The Balaban J connectivity index is 1.73. The molecule has 2 aromatic heterocycles. The highest BCUT2D eigenvalue weighted by Gasteiger charge is 2.38.